The molecule has 0 bridgehead atoms. The molecule has 1 amide bonds. The zero-order valence-electron chi connectivity index (χ0n) is 12.1. The molecule has 110 valence electrons. The number of halogens is 1. The van der Waals surface area contributed by atoms with Crippen molar-refractivity contribution in [3.05, 3.63) is 28.8 Å². The van der Waals surface area contributed by atoms with Crippen LogP contribution in [0, 0.1) is 6.92 Å². The molecule has 2 N–H and O–H groups in total. The maximum atomic E-state index is 12.1. The first-order chi connectivity index (χ1) is 9.60. The van der Waals surface area contributed by atoms with Gasteiger partial charge in [0.1, 0.15) is 0 Å². The van der Waals surface area contributed by atoms with Crippen molar-refractivity contribution in [1.82, 2.24) is 10.2 Å². The summed E-state index contributed by atoms with van der Waals surface area (Å²) in [6, 6.07) is 6.11. The molecule has 0 aromatic heterocycles. The van der Waals surface area contributed by atoms with Gasteiger partial charge in [0, 0.05) is 12.6 Å². The highest BCUT2D eigenvalue weighted by atomic mass is 35.5. The summed E-state index contributed by atoms with van der Waals surface area (Å²) in [5.74, 6) is -0.00115. The van der Waals surface area contributed by atoms with Crippen molar-refractivity contribution >= 4 is 23.2 Å². The van der Waals surface area contributed by atoms with Gasteiger partial charge in [-0.25, -0.2) is 0 Å². The number of likely N-dealkylation sites (tertiary alicyclic amines) is 1. The number of amides is 1. The number of carbonyl (C=O) groups excluding carboxylic acids is 1. The number of rotatable bonds is 5. The van der Waals surface area contributed by atoms with Crippen LogP contribution < -0.4 is 10.6 Å². The Morgan fingerprint density at radius 1 is 1.50 bits per heavy atom. The Hall–Kier alpha value is -1.10. The minimum absolute atomic E-state index is 0.00115. The van der Waals surface area contributed by atoms with E-state index in [-0.39, 0.29) is 5.91 Å². The van der Waals surface area contributed by atoms with Crippen LogP contribution in [-0.2, 0) is 4.79 Å². The third kappa shape index (κ3) is 3.95. The van der Waals surface area contributed by atoms with Gasteiger partial charge in [0.05, 0.1) is 17.3 Å². The van der Waals surface area contributed by atoms with Crippen molar-refractivity contribution in [2.45, 2.75) is 25.8 Å². The van der Waals surface area contributed by atoms with E-state index < -0.39 is 0 Å². The second-order valence-electron chi connectivity index (χ2n) is 5.36. The topological polar surface area (TPSA) is 44.4 Å². The molecule has 1 aliphatic heterocycles. The molecule has 4 nitrogen and oxygen atoms in total. The molecule has 1 fully saturated rings. The van der Waals surface area contributed by atoms with E-state index in [0.29, 0.717) is 23.3 Å². The van der Waals surface area contributed by atoms with Crippen LogP contribution in [0.25, 0.3) is 0 Å². The molecule has 1 aromatic rings. The fourth-order valence-electron chi connectivity index (χ4n) is 2.67. The van der Waals surface area contributed by atoms with Gasteiger partial charge in [-0.05, 0) is 51.1 Å². The molecular formula is C15H22ClN3O. The summed E-state index contributed by atoms with van der Waals surface area (Å²) in [4.78, 5) is 14.4. The number of nitrogens with one attached hydrogen (secondary N) is 2. The number of likely N-dealkylation sites (N-methyl/N-ethyl adjacent to an activating group) is 1. The van der Waals surface area contributed by atoms with Gasteiger partial charge < -0.3 is 10.6 Å². The third-order valence-corrected chi connectivity index (χ3v) is 4.00. The molecule has 0 spiro atoms. The van der Waals surface area contributed by atoms with Gasteiger partial charge in [-0.3, -0.25) is 9.69 Å². The van der Waals surface area contributed by atoms with Crippen molar-refractivity contribution in [3.8, 4) is 0 Å². The largest absolute Gasteiger partial charge is 0.324 e. The van der Waals surface area contributed by atoms with E-state index in [4.69, 9.17) is 11.6 Å². The monoisotopic (exact) mass is 295 g/mol. The number of hydrogen-bond acceptors (Lipinski definition) is 3. The summed E-state index contributed by atoms with van der Waals surface area (Å²) in [5, 5.41) is 6.67. The lowest BCUT2D eigenvalue weighted by molar-refractivity contribution is -0.117. The van der Waals surface area contributed by atoms with Crippen LogP contribution >= 0.6 is 11.6 Å². The van der Waals surface area contributed by atoms with E-state index >= 15 is 0 Å². The minimum Gasteiger partial charge on any atom is -0.324 e. The van der Waals surface area contributed by atoms with Gasteiger partial charge in [0.25, 0.3) is 0 Å². The van der Waals surface area contributed by atoms with Gasteiger partial charge in [-0.15, -0.1) is 0 Å². The summed E-state index contributed by atoms with van der Waals surface area (Å²) in [6.45, 7) is 4.32. The van der Waals surface area contributed by atoms with E-state index in [0.717, 1.165) is 31.5 Å². The number of carbonyl (C=O) groups is 1. The second-order valence-corrected chi connectivity index (χ2v) is 5.76. The van der Waals surface area contributed by atoms with Crippen LogP contribution in [0.2, 0.25) is 5.02 Å². The standard InChI is InChI=1S/C15H22ClN3O/c1-11-5-6-14(13(16)8-11)18-15(20)10-19-7-3-4-12(19)9-17-2/h5-6,8,12,17H,3-4,7,9-10H2,1-2H3,(H,18,20). The van der Waals surface area contributed by atoms with Gasteiger partial charge in [0.2, 0.25) is 5.91 Å². The molecule has 5 heteroatoms. The Labute approximate surface area is 125 Å². The molecule has 0 aliphatic carbocycles. The lowest BCUT2D eigenvalue weighted by Crippen LogP contribution is -2.41. The molecule has 0 radical (unpaired) electrons. The fourth-order valence-corrected chi connectivity index (χ4v) is 2.95. The molecule has 1 heterocycles. The highest BCUT2D eigenvalue weighted by molar-refractivity contribution is 6.33. The third-order valence-electron chi connectivity index (χ3n) is 3.68. The molecule has 1 unspecified atom stereocenters. The van der Waals surface area contributed by atoms with Crippen molar-refractivity contribution in [1.29, 1.82) is 0 Å². The number of benzene rings is 1. The summed E-state index contributed by atoms with van der Waals surface area (Å²) < 4.78 is 0. The molecule has 1 aromatic carbocycles. The van der Waals surface area contributed by atoms with Crippen LogP contribution in [-0.4, -0.2) is 43.5 Å². The predicted octanol–water partition coefficient (Wildman–Crippen LogP) is 2.27. The number of aryl methyl sites for hydroxylation is 1. The smallest absolute Gasteiger partial charge is 0.238 e. The van der Waals surface area contributed by atoms with Crippen molar-refractivity contribution in [2.24, 2.45) is 0 Å². The Morgan fingerprint density at radius 2 is 2.30 bits per heavy atom. The lowest BCUT2D eigenvalue weighted by Gasteiger charge is -2.23. The maximum absolute atomic E-state index is 12.1. The van der Waals surface area contributed by atoms with Crippen molar-refractivity contribution in [3.63, 3.8) is 0 Å². The van der Waals surface area contributed by atoms with Gasteiger partial charge >= 0.3 is 0 Å². The first kappa shape index (κ1) is 15.3. The predicted molar refractivity (Wildman–Crippen MR) is 83.3 cm³/mol. The highest BCUT2D eigenvalue weighted by Crippen LogP contribution is 2.23. The normalized spacial score (nSPS) is 19.2. The summed E-state index contributed by atoms with van der Waals surface area (Å²) >= 11 is 6.13. The Morgan fingerprint density at radius 3 is 3.00 bits per heavy atom. The Bertz CT molecular complexity index is 478. The van der Waals surface area contributed by atoms with Gasteiger partial charge in [-0.2, -0.15) is 0 Å². The molecule has 0 saturated carbocycles. The first-order valence-electron chi connectivity index (χ1n) is 7.05. The fraction of sp³-hybridized carbons (Fsp3) is 0.533. The van der Waals surface area contributed by atoms with Crippen molar-refractivity contribution < 1.29 is 4.79 Å². The zero-order valence-corrected chi connectivity index (χ0v) is 12.8. The zero-order chi connectivity index (χ0) is 14.5. The second kappa shape index (κ2) is 7.07. The molecule has 1 aliphatic rings. The summed E-state index contributed by atoms with van der Waals surface area (Å²) in [6.07, 6.45) is 2.31. The number of hydrogen-bond donors (Lipinski definition) is 2. The van der Waals surface area contributed by atoms with Gasteiger partial charge in [-0.1, -0.05) is 17.7 Å². The van der Waals surface area contributed by atoms with Gasteiger partial charge in [0.15, 0.2) is 0 Å². The van der Waals surface area contributed by atoms with E-state index in [1.807, 2.05) is 32.2 Å². The quantitative estimate of drug-likeness (QED) is 0.876. The van der Waals surface area contributed by atoms with E-state index in [1.54, 1.807) is 0 Å². The van der Waals surface area contributed by atoms with Crippen LogP contribution in [0.1, 0.15) is 18.4 Å². The highest BCUT2D eigenvalue weighted by Gasteiger charge is 2.25. The molecule has 2 rings (SSSR count). The van der Waals surface area contributed by atoms with Crippen LogP contribution in [0.4, 0.5) is 5.69 Å². The maximum Gasteiger partial charge on any atom is 0.238 e. The summed E-state index contributed by atoms with van der Waals surface area (Å²) in [7, 11) is 1.95. The average Bonchev–Trinajstić information content (AvgIpc) is 2.81. The minimum atomic E-state index is -0.00115. The molecule has 1 atom stereocenters. The molecular weight excluding hydrogens is 274 g/mol. The Kier molecular flexibility index (Phi) is 5.40. The SMILES string of the molecule is CNCC1CCCN1CC(=O)Nc1ccc(C)cc1Cl. The molecule has 20 heavy (non-hydrogen) atoms. The van der Waals surface area contributed by atoms with Crippen LogP contribution in [0.5, 0.6) is 0 Å². The van der Waals surface area contributed by atoms with E-state index in [1.165, 1.54) is 0 Å². The summed E-state index contributed by atoms with van der Waals surface area (Å²) in [5.41, 5.74) is 1.77. The average molecular weight is 296 g/mol. The number of anilines is 1. The first-order valence-corrected chi connectivity index (χ1v) is 7.42. The molecule has 1 saturated heterocycles. The number of nitrogens with zero attached hydrogens (tertiary/aromatic N) is 1. The van der Waals surface area contributed by atoms with Crippen molar-refractivity contribution in [2.75, 3.05) is 32.0 Å². The van der Waals surface area contributed by atoms with E-state index in [2.05, 4.69) is 15.5 Å². The lowest BCUT2D eigenvalue weighted by atomic mass is 10.2. The Balaban J connectivity index is 1.92. The van der Waals surface area contributed by atoms with Crippen LogP contribution in [0.3, 0.4) is 0 Å². The van der Waals surface area contributed by atoms with E-state index in [9.17, 15) is 4.79 Å². The van der Waals surface area contributed by atoms with Crippen LogP contribution in [0.15, 0.2) is 18.2 Å².